The third kappa shape index (κ3) is 11.1. The molecule has 0 radical (unpaired) electrons. The number of rotatable bonds is 5. The fourth-order valence-corrected chi connectivity index (χ4v) is 2.57. The molecule has 1 aliphatic carbocycles. The summed E-state index contributed by atoms with van der Waals surface area (Å²) in [5.74, 6) is 0.687. The molecule has 0 bridgehead atoms. The quantitative estimate of drug-likeness (QED) is 0.537. The van der Waals surface area contributed by atoms with Crippen LogP contribution in [0.2, 0.25) is 0 Å². The van der Waals surface area contributed by atoms with Crippen LogP contribution in [-0.4, -0.2) is 16.5 Å². The maximum atomic E-state index is 9.09. The molecule has 0 spiro atoms. The van der Waals surface area contributed by atoms with Crippen LogP contribution in [0.5, 0.6) is 0 Å². The number of nitrogens with two attached hydrogens (primary N) is 2. The van der Waals surface area contributed by atoms with Crippen molar-refractivity contribution in [2.24, 2.45) is 17.4 Å². The monoisotopic (exact) mass is 306 g/mol. The highest BCUT2D eigenvalue weighted by Gasteiger charge is 2.24. The number of primary amides is 1. The average Bonchev–Trinajstić information content (AvgIpc) is 2.34. The van der Waals surface area contributed by atoms with Gasteiger partial charge in [0.25, 0.3) is 10.4 Å². The lowest BCUT2D eigenvalue weighted by Gasteiger charge is -2.30. The van der Waals surface area contributed by atoms with Crippen LogP contribution in [0.4, 0.5) is 4.79 Å². The van der Waals surface area contributed by atoms with Gasteiger partial charge in [-0.25, -0.2) is 0 Å². The van der Waals surface area contributed by atoms with Crippen molar-refractivity contribution in [2.75, 3.05) is 0 Å². The third-order valence-corrected chi connectivity index (χ3v) is 3.38. The topological polar surface area (TPSA) is 78.3 Å². The Bertz CT molecular complexity index is 265. The van der Waals surface area contributed by atoms with Crippen LogP contribution in [0.15, 0.2) is 0 Å². The van der Waals surface area contributed by atoms with E-state index in [9.17, 15) is 0 Å². The van der Waals surface area contributed by atoms with Gasteiger partial charge in [-0.1, -0.05) is 51.7 Å². The maximum absolute atomic E-state index is 9.09. The van der Waals surface area contributed by atoms with E-state index in [1.54, 1.807) is 0 Å². The Labute approximate surface area is 127 Å². The van der Waals surface area contributed by atoms with Gasteiger partial charge in [0.2, 0.25) is 0 Å². The van der Waals surface area contributed by atoms with E-state index in [1.807, 2.05) is 0 Å². The highest BCUT2D eigenvalue weighted by molar-refractivity contribution is 7.96. The molecule has 1 unspecified atom stereocenters. The highest BCUT2D eigenvalue weighted by Crippen LogP contribution is 2.30. The van der Waals surface area contributed by atoms with Crippen molar-refractivity contribution in [1.29, 1.82) is 0 Å². The summed E-state index contributed by atoms with van der Waals surface area (Å²) >= 11 is 7.95. The Morgan fingerprint density at radius 1 is 1.37 bits per heavy atom. The van der Waals surface area contributed by atoms with Gasteiger partial charge in [-0.3, -0.25) is 4.79 Å². The van der Waals surface area contributed by atoms with E-state index in [0.29, 0.717) is 5.92 Å². The van der Waals surface area contributed by atoms with Gasteiger partial charge in [0, 0.05) is 0 Å². The van der Waals surface area contributed by atoms with Gasteiger partial charge >= 0.3 is 0 Å². The molecule has 6 heteroatoms. The number of thiol groups is 1. The number of ether oxygens (including phenoxy) is 1. The molecule has 1 atom stereocenters. The zero-order valence-corrected chi connectivity index (χ0v) is 13.3. The molecule has 4 nitrogen and oxygen atoms in total. The van der Waals surface area contributed by atoms with Crippen LogP contribution in [0.25, 0.3) is 0 Å². The van der Waals surface area contributed by atoms with Gasteiger partial charge in [0.05, 0.1) is 0 Å². The van der Waals surface area contributed by atoms with Gasteiger partial charge in [-0.2, -0.15) is 0 Å². The van der Waals surface area contributed by atoms with Crippen LogP contribution in [0.3, 0.4) is 0 Å². The summed E-state index contributed by atoms with van der Waals surface area (Å²) < 4.78 is 5.60. The van der Waals surface area contributed by atoms with Crippen LogP contribution < -0.4 is 11.5 Å². The number of carbonyl (C=O) groups is 1. The minimum Gasteiger partial charge on any atom is -0.468 e. The SMILES string of the molecule is CCCCC(OC(N)=S)C1CCCCC1.NC(=O)S. The molecule has 1 amide bonds. The van der Waals surface area contributed by atoms with Crippen molar-refractivity contribution in [2.45, 2.75) is 64.4 Å². The van der Waals surface area contributed by atoms with Gasteiger partial charge in [-0.15, -0.1) is 0 Å². The summed E-state index contributed by atoms with van der Waals surface area (Å²) in [5, 5.41) is -0.415. The van der Waals surface area contributed by atoms with Crippen LogP contribution in [0.1, 0.15) is 58.3 Å². The summed E-state index contributed by atoms with van der Waals surface area (Å²) in [5.41, 5.74) is 9.82. The van der Waals surface area contributed by atoms with Crippen molar-refractivity contribution in [1.82, 2.24) is 0 Å². The van der Waals surface area contributed by atoms with E-state index < -0.39 is 5.24 Å². The normalized spacial score (nSPS) is 16.9. The number of carbonyl (C=O) groups excluding carboxylic acids is 1. The smallest absolute Gasteiger partial charge is 0.273 e. The first-order chi connectivity index (χ1) is 8.97. The standard InChI is InChI=1S/C12H23NOS.CH3NOS/c1-2-3-9-11(14-12(13)15)10-7-5-4-6-8-10;2-1(3)4/h10-11H,2-9H2,1H3,(H2,13,15);(H3,2,3,4). The van der Waals surface area contributed by atoms with Crippen LogP contribution in [0, 0.1) is 5.92 Å². The lowest BCUT2D eigenvalue weighted by molar-refractivity contribution is 0.0887. The van der Waals surface area contributed by atoms with E-state index in [2.05, 4.69) is 25.3 Å². The summed E-state index contributed by atoms with van der Waals surface area (Å²) in [7, 11) is 0. The molecule has 112 valence electrons. The summed E-state index contributed by atoms with van der Waals surface area (Å²) in [6.07, 6.45) is 10.5. The van der Waals surface area contributed by atoms with Crippen molar-refractivity contribution >= 4 is 35.3 Å². The predicted molar refractivity (Wildman–Crippen MR) is 86.3 cm³/mol. The van der Waals surface area contributed by atoms with E-state index in [1.165, 1.54) is 44.9 Å². The average molecular weight is 306 g/mol. The number of hydrogen-bond donors (Lipinski definition) is 3. The zero-order valence-electron chi connectivity index (χ0n) is 11.6. The van der Waals surface area contributed by atoms with Gasteiger partial charge in [-0.05, 0) is 37.4 Å². The van der Waals surface area contributed by atoms with Crippen molar-refractivity contribution in [3.8, 4) is 0 Å². The molecular weight excluding hydrogens is 280 g/mol. The molecule has 0 aromatic rings. The van der Waals surface area contributed by atoms with Crippen molar-refractivity contribution in [3.63, 3.8) is 0 Å². The zero-order chi connectivity index (χ0) is 14.7. The summed E-state index contributed by atoms with van der Waals surface area (Å²) in [6, 6.07) is 0. The Kier molecular flexibility index (Phi) is 11.1. The molecule has 0 heterocycles. The molecule has 19 heavy (non-hydrogen) atoms. The Balaban J connectivity index is 0.000000711. The molecule has 1 aliphatic rings. The Morgan fingerprint density at radius 3 is 2.32 bits per heavy atom. The number of amides is 1. The number of unbranched alkanes of at least 4 members (excludes halogenated alkanes) is 1. The molecule has 1 saturated carbocycles. The fourth-order valence-electron chi connectivity index (χ4n) is 2.45. The van der Waals surface area contributed by atoms with E-state index >= 15 is 0 Å². The molecule has 0 aliphatic heterocycles. The second-order valence-corrected chi connectivity index (χ2v) is 5.70. The molecular formula is C13H26N2O2S2. The van der Waals surface area contributed by atoms with E-state index in [0.717, 1.165) is 6.42 Å². The Morgan fingerprint density at radius 2 is 1.89 bits per heavy atom. The lowest BCUT2D eigenvalue weighted by atomic mass is 9.83. The number of hydrogen-bond acceptors (Lipinski definition) is 3. The molecule has 4 N–H and O–H groups in total. The molecule has 1 rings (SSSR count). The lowest BCUT2D eigenvalue weighted by Crippen LogP contribution is -2.30. The minimum atomic E-state index is -0.639. The van der Waals surface area contributed by atoms with E-state index in [-0.39, 0.29) is 11.3 Å². The van der Waals surface area contributed by atoms with Gasteiger partial charge in [0.1, 0.15) is 6.10 Å². The number of thiocarbonyl (C=S) groups is 1. The van der Waals surface area contributed by atoms with Crippen LogP contribution >= 0.6 is 24.8 Å². The van der Waals surface area contributed by atoms with Crippen LogP contribution in [-0.2, 0) is 4.74 Å². The Hall–Kier alpha value is -0.490. The van der Waals surface area contributed by atoms with Crippen molar-refractivity contribution in [3.05, 3.63) is 0 Å². The van der Waals surface area contributed by atoms with Gasteiger partial charge in [0.15, 0.2) is 0 Å². The van der Waals surface area contributed by atoms with Crippen molar-refractivity contribution < 1.29 is 9.53 Å². The third-order valence-electron chi connectivity index (χ3n) is 3.29. The molecule has 0 aromatic heterocycles. The fraction of sp³-hybridized carbons (Fsp3) is 0.846. The second-order valence-electron chi connectivity index (χ2n) is 4.85. The first kappa shape index (κ1) is 18.5. The predicted octanol–water partition coefficient (Wildman–Crippen LogP) is 3.38. The van der Waals surface area contributed by atoms with E-state index in [4.69, 9.17) is 27.5 Å². The highest BCUT2D eigenvalue weighted by atomic mass is 32.1. The maximum Gasteiger partial charge on any atom is 0.273 e. The molecule has 1 fully saturated rings. The van der Waals surface area contributed by atoms with Gasteiger partial charge < -0.3 is 16.2 Å². The largest absolute Gasteiger partial charge is 0.468 e. The minimum absolute atomic E-state index is 0.224. The first-order valence-corrected chi connectivity index (χ1v) is 7.77. The molecule has 0 aromatic carbocycles. The summed E-state index contributed by atoms with van der Waals surface area (Å²) in [6.45, 7) is 2.21. The molecule has 0 saturated heterocycles. The summed E-state index contributed by atoms with van der Waals surface area (Å²) in [4.78, 5) is 9.09. The second kappa shape index (κ2) is 11.3. The first-order valence-electron chi connectivity index (χ1n) is 6.91.